The molecule has 0 radical (unpaired) electrons. The number of hydrogen-bond acceptors (Lipinski definition) is 2. The van der Waals surface area contributed by atoms with E-state index in [1.165, 1.54) is 0 Å². The first-order valence-electron chi connectivity index (χ1n) is 4.18. The predicted octanol–water partition coefficient (Wildman–Crippen LogP) is 1.47. The molecule has 0 aliphatic heterocycles. The first-order valence-corrected chi connectivity index (χ1v) is 4.18. The molecular weight excluding hydrogens is 140 g/mol. The zero-order valence-electron chi connectivity index (χ0n) is 7.33. The lowest BCUT2D eigenvalue weighted by Crippen LogP contribution is -2.13. The molecule has 0 fully saturated rings. The van der Waals surface area contributed by atoms with Crippen molar-refractivity contribution in [3.8, 4) is 0 Å². The van der Waals surface area contributed by atoms with Crippen LogP contribution in [0, 0.1) is 0 Å². The second kappa shape index (κ2) is 6.38. The molecule has 0 bridgehead atoms. The Balaban J connectivity index is 3.36. The highest BCUT2D eigenvalue weighted by atomic mass is 16.3. The van der Waals surface area contributed by atoms with Crippen LogP contribution < -0.4 is 0 Å². The third kappa shape index (κ3) is 7.56. The molecule has 0 saturated carbocycles. The summed E-state index contributed by atoms with van der Waals surface area (Å²) in [5.41, 5.74) is 0. The Morgan fingerprint density at radius 1 is 1.27 bits per heavy atom. The Morgan fingerprint density at radius 2 is 1.91 bits per heavy atom. The fourth-order valence-electron chi connectivity index (χ4n) is 0.910. The van der Waals surface area contributed by atoms with E-state index in [-0.39, 0.29) is 0 Å². The third-order valence-electron chi connectivity index (χ3n) is 1.42. The molecule has 2 nitrogen and oxygen atoms in total. The minimum Gasteiger partial charge on any atom is -0.393 e. The van der Waals surface area contributed by atoms with Crippen molar-refractivity contribution in [2.24, 2.45) is 0 Å². The standard InChI is InChI=1S/C9H18O2/c1-3-4-5-6-9(11)7-8(2)10/h4-5,8-11H,3,6-7H2,1-2H3/b5-4+/t8-,9-/m0/s1. The molecule has 0 saturated heterocycles. The monoisotopic (exact) mass is 158 g/mol. The van der Waals surface area contributed by atoms with E-state index >= 15 is 0 Å². The van der Waals surface area contributed by atoms with Crippen LogP contribution in [0.2, 0.25) is 0 Å². The summed E-state index contributed by atoms with van der Waals surface area (Å²) in [5.74, 6) is 0. The minimum atomic E-state index is -0.403. The van der Waals surface area contributed by atoms with Gasteiger partial charge in [-0.05, 0) is 26.2 Å². The normalized spacial score (nSPS) is 17.1. The molecule has 0 spiro atoms. The Labute approximate surface area is 68.6 Å². The van der Waals surface area contributed by atoms with Crippen LogP contribution in [-0.2, 0) is 0 Å². The zero-order valence-corrected chi connectivity index (χ0v) is 7.33. The summed E-state index contributed by atoms with van der Waals surface area (Å²) in [6.07, 6.45) is 5.30. The van der Waals surface area contributed by atoms with Crippen molar-refractivity contribution in [1.82, 2.24) is 0 Å². The summed E-state index contributed by atoms with van der Waals surface area (Å²) in [6.45, 7) is 3.74. The van der Waals surface area contributed by atoms with Gasteiger partial charge in [-0.25, -0.2) is 0 Å². The van der Waals surface area contributed by atoms with Crippen LogP contribution in [0.1, 0.15) is 33.1 Å². The maximum Gasteiger partial charge on any atom is 0.0599 e. The van der Waals surface area contributed by atoms with E-state index in [1.54, 1.807) is 6.92 Å². The van der Waals surface area contributed by atoms with Gasteiger partial charge in [0.05, 0.1) is 12.2 Å². The average Bonchev–Trinajstić information content (AvgIpc) is 1.86. The maximum atomic E-state index is 9.23. The van der Waals surface area contributed by atoms with Crippen molar-refractivity contribution < 1.29 is 10.2 Å². The minimum absolute atomic E-state index is 0.391. The second-order valence-corrected chi connectivity index (χ2v) is 2.85. The van der Waals surface area contributed by atoms with Crippen molar-refractivity contribution in [1.29, 1.82) is 0 Å². The highest BCUT2D eigenvalue weighted by Crippen LogP contribution is 2.02. The molecule has 0 aliphatic carbocycles. The Kier molecular flexibility index (Phi) is 6.18. The highest BCUT2D eigenvalue weighted by molar-refractivity contribution is 4.83. The topological polar surface area (TPSA) is 40.5 Å². The fourth-order valence-corrected chi connectivity index (χ4v) is 0.910. The molecule has 0 unspecified atom stereocenters. The van der Waals surface area contributed by atoms with Crippen molar-refractivity contribution in [2.75, 3.05) is 0 Å². The molecule has 0 aromatic rings. The van der Waals surface area contributed by atoms with E-state index < -0.39 is 12.2 Å². The van der Waals surface area contributed by atoms with Gasteiger partial charge in [0.2, 0.25) is 0 Å². The van der Waals surface area contributed by atoms with E-state index in [0.717, 1.165) is 6.42 Å². The zero-order chi connectivity index (χ0) is 8.69. The number of aliphatic hydroxyl groups excluding tert-OH is 2. The summed E-state index contributed by atoms with van der Waals surface area (Å²) in [6, 6.07) is 0. The summed E-state index contributed by atoms with van der Waals surface area (Å²) < 4.78 is 0. The van der Waals surface area contributed by atoms with Gasteiger partial charge < -0.3 is 10.2 Å². The molecule has 2 atom stereocenters. The van der Waals surface area contributed by atoms with Gasteiger partial charge in [-0.15, -0.1) is 0 Å². The molecule has 2 heteroatoms. The van der Waals surface area contributed by atoms with Crippen LogP contribution in [0.4, 0.5) is 0 Å². The van der Waals surface area contributed by atoms with Crippen molar-refractivity contribution in [3.05, 3.63) is 12.2 Å². The third-order valence-corrected chi connectivity index (χ3v) is 1.42. The lowest BCUT2D eigenvalue weighted by atomic mass is 10.1. The summed E-state index contributed by atoms with van der Waals surface area (Å²) in [5, 5.41) is 18.1. The van der Waals surface area contributed by atoms with Gasteiger partial charge in [0.1, 0.15) is 0 Å². The van der Waals surface area contributed by atoms with Gasteiger partial charge in [-0.2, -0.15) is 0 Å². The highest BCUT2D eigenvalue weighted by Gasteiger charge is 2.04. The molecule has 0 heterocycles. The Bertz CT molecular complexity index is 108. The van der Waals surface area contributed by atoms with Gasteiger partial charge in [0.15, 0.2) is 0 Å². The number of allylic oxidation sites excluding steroid dienone is 1. The van der Waals surface area contributed by atoms with Crippen LogP contribution in [-0.4, -0.2) is 22.4 Å². The SMILES string of the molecule is CC/C=C/C[C@H](O)C[C@H](C)O. The second-order valence-electron chi connectivity index (χ2n) is 2.85. The van der Waals surface area contributed by atoms with E-state index in [1.807, 2.05) is 12.2 Å². The van der Waals surface area contributed by atoms with E-state index in [9.17, 15) is 5.11 Å². The molecule has 0 amide bonds. The molecule has 11 heavy (non-hydrogen) atoms. The van der Waals surface area contributed by atoms with Crippen LogP contribution >= 0.6 is 0 Å². The van der Waals surface area contributed by atoms with Crippen LogP contribution in [0.5, 0.6) is 0 Å². The van der Waals surface area contributed by atoms with E-state index in [4.69, 9.17) is 5.11 Å². The Hall–Kier alpha value is -0.340. The number of rotatable bonds is 5. The van der Waals surface area contributed by atoms with E-state index in [2.05, 4.69) is 6.92 Å². The maximum absolute atomic E-state index is 9.23. The van der Waals surface area contributed by atoms with Gasteiger partial charge >= 0.3 is 0 Å². The largest absolute Gasteiger partial charge is 0.393 e. The van der Waals surface area contributed by atoms with Crippen LogP contribution in [0.25, 0.3) is 0 Å². The van der Waals surface area contributed by atoms with Crippen LogP contribution in [0.3, 0.4) is 0 Å². The smallest absolute Gasteiger partial charge is 0.0599 e. The summed E-state index contributed by atoms with van der Waals surface area (Å²) in [7, 11) is 0. The average molecular weight is 158 g/mol. The first-order chi connectivity index (χ1) is 5.16. The first kappa shape index (κ1) is 10.7. The summed E-state index contributed by atoms with van der Waals surface area (Å²) >= 11 is 0. The lowest BCUT2D eigenvalue weighted by Gasteiger charge is -2.09. The Morgan fingerprint density at radius 3 is 2.36 bits per heavy atom. The summed E-state index contributed by atoms with van der Waals surface area (Å²) in [4.78, 5) is 0. The van der Waals surface area contributed by atoms with E-state index in [0.29, 0.717) is 12.8 Å². The molecule has 66 valence electrons. The van der Waals surface area contributed by atoms with Crippen molar-refractivity contribution in [2.45, 2.75) is 45.3 Å². The molecule has 0 aromatic heterocycles. The van der Waals surface area contributed by atoms with Crippen molar-refractivity contribution >= 4 is 0 Å². The molecule has 0 aliphatic rings. The molecule has 0 rings (SSSR count). The predicted molar refractivity (Wildman–Crippen MR) is 46.4 cm³/mol. The van der Waals surface area contributed by atoms with Gasteiger partial charge in [-0.1, -0.05) is 19.1 Å². The number of hydrogen-bond donors (Lipinski definition) is 2. The quantitative estimate of drug-likeness (QED) is 0.595. The molecule has 0 aromatic carbocycles. The van der Waals surface area contributed by atoms with Gasteiger partial charge in [0.25, 0.3) is 0 Å². The number of aliphatic hydroxyl groups is 2. The molecular formula is C9H18O2. The lowest BCUT2D eigenvalue weighted by molar-refractivity contribution is 0.0924. The fraction of sp³-hybridized carbons (Fsp3) is 0.778. The van der Waals surface area contributed by atoms with Gasteiger partial charge in [-0.3, -0.25) is 0 Å². The van der Waals surface area contributed by atoms with Gasteiger partial charge in [0, 0.05) is 0 Å². The van der Waals surface area contributed by atoms with Crippen LogP contribution in [0.15, 0.2) is 12.2 Å². The van der Waals surface area contributed by atoms with Crippen molar-refractivity contribution in [3.63, 3.8) is 0 Å². The molecule has 2 N–H and O–H groups in total.